The minimum absolute atomic E-state index is 0.506. The number of anilines is 1. The minimum Gasteiger partial charge on any atom is -0.359 e. The van der Waals surface area contributed by atoms with Gasteiger partial charge in [0.15, 0.2) is 5.13 Å². The van der Waals surface area contributed by atoms with E-state index in [1.165, 1.54) is 25.7 Å². The molecule has 2 nitrogen and oxygen atoms in total. The van der Waals surface area contributed by atoms with Gasteiger partial charge in [0, 0.05) is 6.04 Å². The number of aromatic nitrogens is 1. The summed E-state index contributed by atoms with van der Waals surface area (Å²) >= 11 is 7.83. The van der Waals surface area contributed by atoms with E-state index < -0.39 is 0 Å². The number of benzene rings is 1. The van der Waals surface area contributed by atoms with Crippen LogP contribution in [0.3, 0.4) is 0 Å². The van der Waals surface area contributed by atoms with Gasteiger partial charge >= 0.3 is 0 Å². The smallest absolute Gasteiger partial charge is 0.184 e. The highest BCUT2D eigenvalue weighted by molar-refractivity contribution is 7.22. The van der Waals surface area contributed by atoms with Crippen molar-refractivity contribution in [3.05, 3.63) is 23.2 Å². The number of nitrogens with zero attached hydrogens (tertiary/aromatic N) is 1. The Labute approximate surface area is 116 Å². The van der Waals surface area contributed by atoms with Gasteiger partial charge in [-0.1, -0.05) is 41.8 Å². The van der Waals surface area contributed by atoms with Crippen molar-refractivity contribution >= 4 is 38.3 Å². The molecule has 1 saturated carbocycles. The van der Waals surface area contributed by atoms with Gasteiger partial charge in [0.1, 0.15) is 0 Å². The summed E-state index contributed by atoms with van der Waals surface area (Å²) in [5, 5.41) is 5.34. The highest BCUT2D eigenvalue weighted by atomic mass is 35.5. The van der Waals surface area contributed by atoms with Gasteiger partial charge in [-0.25, -0.2) is 4.98 Å². The molecular formula is C14H17ClN2S. The molecule has 1 aromatic heterocycles. The van der Waals surface area contributed by atoms with E-state index in [0.717, 1.165) is 26.3 Å². The maximum Gasteiger partial charge on any atom is 0.184 e. The Morgan fingerprint density at radius 3 is 2.89 bits per heavy atom. The SMILES string of the molecule is CC(Nc1nc2cccc(Cl)c2s1)C1CCCC1. The summed E-state index contributed by atoms with van der Waals surface area (Å²) in [7, 11) is 0. The third-order valence-electron chi connectivity index (χ3n) is 3.83. The van der Waals surface area contributed by atoms with Gasteiger partial charge in [-0.05, 0) is 37.8 Å². The Balaban J connectivity index is 1.80. The molecule has 1 N–H and O–H groups in total. The van der Waals surface area contributed by atoms with Crippen molar-refractivity contribution in [2.45, 2.75) is 38.6 Å². The summed E-state index contributed by atoms with van der Waals surface area (Å²) in [6, 6.07) is 6.40. The summed E-state index contributed by atoms with van der Waals surface area (Å²) < 4.78 is 1.08. The Morgan fingerprint density at radius 2 is 2.17 bits per heavy atom. The molecule has 2 aromatic rings. The van der Waals surface area contributed by atoms with Gasteiger partial charge in [-0.2, -0.15) is 0 Å². The average Bonchev–Trinajstić information content (AvgIpc) is 2.97. The normalized spacial score (nSPS) is 18.3. The molecule has 3 rings (SSSR count). The molecule has 1 aliphatic rings. The van der Waals surface area contributed by atoms with Gasteiger partial charge in [-0.15, -0.1) is 0 Å². The molecule has 1 aromatic carbocycles. The lowest BCUT2D eigenvalue weighted by Gasteiger charge is -2.19. The van der Waals surface area contributed by atoms with Crippen molar-refractivity contribution in [3.8, 4) is 0 Å². The zero-order chi connectivity index (χ0) is 12.5. The first kappa shape index (κ1) is 12.2. The van der Waals surface area contributed by atoms with Crippen LogP contribution in [0, 0.1) is 5.92 Å². The monoisotopic (exact) mass is 280 g/mol. The van der Waals surface area contributed by atoms with Crippen LogP contribution in [0.1, 0.15) is 32.6 Å². The fourth-order valence-corrected chi connectivity index (χ4v) is 4.00. The number of thiazole rings is 1. The molecule has 1 aliphatic carbocycles. The molecule has 0 radical (unpaired) electrons. The van der Waals surface area contributed by atoms with Crippen LogP contribution in [-0.4, -0.2) is 11.0 Å². The van der Waals surface area contributed by atoms with E-state index >= 15 is 0 Å². The van der Waals surface area contributed by atoms with Crippen molar-refractivity contribution in [3.63, 3.8) is 0 Å². The lowest BCUT2D eigenvalue weighted by Crippen LogP contribution is -2.23. The largest absolute Gasteiger partial charge is 0.359 e. The third-order valence-corrected chi connectivity index (χ3v) is 5.29. The van der Waals surface area contributed by atoms with E-state index in [1.807, 2.05) is 18.2 Å². The van der Waals surface area contributed by atoms with E-state index in [-0.39, 0.29) is 0 Å². The van der Waals surface area contributed by atoms with Crippen LogP contribution in [0.4, 0.5) is 5.13 Å². The van der Waals surface area contributed by atoms with Crippen LogP contribution >= 0.6 is 22.9 Å². The predicted octanol–water partition coefficient (Wildman–Crippen LogP) is 4.94. The average molecular weight is 281 g/mol. The summed E-state index contributed by atoms with van der Waals surface area (Å²) in [5.74, 6) is 0.799. The van der Waals surface area contributed by atoms with Crippen LogP contribution in [0.2, 0.25) is 5.02 Å². The maximum absolute atomic E-state index is 6.18. The number of hydrogen-bond donors (Lipinski definition) is 1. The molecule has 0 bridgehead atoms. The molecule has 96 valence electrons. The van der Waals surface area contributed by atoms with Crippen molar-refractivity contribution in [2.75, 3.05) is 5.32 Å². The molecule has 1 atom stereocenters. The van der Waals surface area contributed by atoms with E-state index in [2.05, 4.69) is 17.2 Å². The van der Waals surface area contributed by atoms with E-state index in [1.54, 1.807) is 11.3 Å². The Hall–Kier alpha value is -0.800. The van der Waals surface area contributed by atoms with Crippen molar-refractivity contribution in [1.82, 2.24) is 4.98 Å². The van der Waals surface area contributed by atoms with Crippen LogP contribution in [0.25, 0.3) is 10.2 Å². The first-order valence-corrected chi connectivity index (χ1v) is 7.75. The van der Waals surface area contributed by atoms with E-state index in [0.29, 0.717) is 6.04 Å². The number of hydrogen-bond acceptors (Lipinski definition) is 3. The molecule has 4 heteroatoms. The van der Waals surface area contributed by atoms with Crippen molar-refractivity contribution in [1.29, 1.82) is 0 Å². The van der Waals surface area contributed by atoms with Crippen LogP contribution in [0.5, 0.6) is 0 Å². The number of rotatable bonds is 3. The third kappa shape index (κ3) is 2.34. The number of halogens is 1. The fourth-order valence-electron chi connectivity index (χ4n) is 2.75. The summed E-state index contributed by atoms with van der Waals surface area (Å²) in [4.78, 5) is 4.61. The van der Waals surface area contributed by atoms with Crippen molar-refractivity contribution < 1.29 is 0 Å². The summed E-state index contributed by atoms with van der Waals surface area (Å²) in [6.45, 7) is 2.27. The van der Waals surface area contributed by atoms with Gasteiger partial charge in [0.2, 0.25) is 0 Å². The molecule has 18 heavy (non-hydrogen) atoms. The highest BCUT2D eigenvalue weighted by Crippen LogP contribution is 2.34. The zero-order valence-corrected chi connectivity index (χ0v) is 12.0. The van der Waals surface area contributed by atoms with Gasteiger partial charge in [-0.3, -0.25) is 0 Å². The second-order valence-electron chi connectivity index (χ2n) is 5.08. The molecular weight excluding hydrogens is 264 g/mol. The van der Waals surface area contributed by atoms with Gasteiger partial charge in [0.25, 0.3) is 0 Å². The fraction of sp³-hybridized carbons (Fsp3) is 0.500. The molecule has 1 unspecified atom stereocenters. The van der Waals surface area contributed by atoms with Gasteiger partial charge < -0.3 is 5.32 Å². The molecule has 0 aliphatic heterocycles. The van der Waals surface area contributed by atoms with E-state index in [4.69, 9.17) is 11.6 Å². The first-order valence-electron chi connectivity index (χ1n) is 6.55. The van der Waals surface area contributed by atoms with Gasteiger partial charge in [0.05, 0.1) is 15.2 Å². The Morgan fingerprint density at radius 1 is 1.39 bits per heavy atom. The molecule has 0 spiro atoms. The van der Waals surface area contributed by atoms with Crippen molar-refractivity contribution in [2.24, 2.45) is 5.92 Å². The standard InChI is InChI=1S/C14H17ClN2S/c1-9(10-5-2-3-6-10)16-14-17-12-8-4-7-11(15)13(12)18-14/h4,7-10H,2-3,5-6H2,1H3,(H,16,17). The molecule has 1 heterocycles. The lowest BCUT2D eigenvalue weighted by molar-refractivity contribution is 0.482. The minimum atomic E-state index is 0.506. The lowest BCUT2D eigenvalue weighted by atomic mass is 10.0. The summed E-state index contributed by atoms with van der Waals surface area (Å²) in [5.41, 5.74) is 0.994. The summed E-state index contributed by atoms with van der Waals surface area (Å²) in [6.07, 6.45) is 5.45. The second-order valence-corrected chi connectivity index (χ2v) is 6.49. The molecule has 1 fully saturated rings. The Kier molecular flexibility index (Phi) is 3.44. The quantitative estimate of drug-likeness (QED) is 0.861. The molecule has 0 amide bonds. The van der Waals surface area contributed by atoms with Crippen LogP contribution < -0.4 is 5.32 Å². The Bertz CT molecular complexity index is 546. The number of nitrogens with one attached hydrogen (secondary N) is 1. The van der Waals surface area contributed by atoms with E-state index in [9.17, 15) is 0 Å². The topological polar surface area (TPSA) is 24.9 Å². The van der Waals surface area contributed by atoms with Crippen LogP contribution in [0.15, 0.2) is 18.2 Å². The number of fused-ring (bicyclic) bond motifs is 1. The maximum atomic E-state index is 6.18. The first-order chi connectivity index (χ1) is 8.74. The predicted molar refractivity (Wildman–Crippen MR) is 79.7 cm³/mol. The van der Waals surface area contributed by atoms with Crippen LogP contribution in [-0.2, 0) is 0 Å². The second kappa shape index (κ2) is 5.06. The zero-order valence-electron chi connectivity index (χ0n) is 10.4. The molecule has 0 saturated heterocycles. The highest BCUT2D eigenvalue weighted by Gasteiger charge is 2.22.